The van der Waals surface area contributed by atoms with Gasteiger partial charge in [-0.1, -0.05) is 0 Å². The number of imidazole rings is 1. The Morgan fingerprint density at radius 3 is 3.14 bits per heavy atom. The van der Waals surface area contributed by atoms with Crippen molar-refractivity contribution in [2.75, 3.05) is 6.61 Å². The zero-order valence-electron chi connectivity index (χ0n) is 8.10. The van der Waals surface area contributed by atoms with Crippen molar-refractivity contribution in [3.8, 4) is 5.75 Å². The Balaban J connectivity index is 2.55. The smallest absolute Gasteiger partial charge is 0.179 e. The summed E-state index contributed by atoms with van der Waals surface area (Å²) >= 11 is 0. The molecule has 0 saturated carbocycles. The van der Waals surface area contributed by atoms with Crippen LogP contribution in [0.5, 0.6) is 5.75 Å². The molecular weight excluding hydrogens is 178 g/mol. The van der Waals surface area contributed by atoms with Crippen molar-refractivity contribution in [3.63, 3.8) is 0 Å². The van der Waals surface area contributed by atoms with E-state index in [1.54, 1.807) is 0 Å². The summed E-state index contributed by atoms with van der Waals surface area (Å²) in [5.74, 6) is 0.801. The lowest BCUT2D eigenvalue weighted by atomic mass is 10.4. The molecule has 0 atom stereocenters. The molecule has 2 aromatic rings. The molecule has 2 N–H and O–H groups in total. The second kappa shape index (κ2) is 3.67. The summed E-state index contributed by atoms with van der Waals surface area (Å²) < 4.78 is 7.38. The van der Waals surface area contributed by atoms with E-state index in [0.717, 1.165) is 17.1 Å². The molecule has 0 aromatic carbocycles. The number of fused-ring (bicyclic) bond motifs is 1. The molecule has 14 heavy (non-hydrogen) atoms. The Labute approximate surface area is 82.3 Å². The van der Waals surface area contributed by atoms with Crippen molar-refractivity contribution < 1.29 is 4.74 Å². The first-order valence-electron chi connectivity index (χ1n) is 4.64. The maximum Gasteiger partial charge on any atom is 0.179 e. The van der Waals surface area contributed by atoms with Crippen molar-refractivity contribution in [2.45, 2.75) is 13.5 Å². The minimum atomic E-state index is 0.452. The van der Waals surface area contributed by atoms with Crippen LogP contribution in [-0.2, 0) is 6.54 Å². The number of aromatic nitrogens is 2. The Morgan fingerprint density at radius 1 is 1.57 bits per heavy atom. The fourth-order valence-corrected chi connectivity index (χ4v) is 1.40. The number of hydrogen-bond acceptors (Lipinski definition) is 3. The Kier molecular flexibility index (Phi) is 2.37. The fourth-order valence-electron chi connectivity index (χ4n) is 1.40. The molecule has 4 nitrogen and oxygen atoms in total. The summed E-state index contributed by atoms with van der Waals surface area (Å²) in [6, 6.07) is 3.84. The van der Waals surface area contributed by atoms with Crippen LogP contribution in [-0.4, -0.2) is 16.0 Å². The quantitative estimate of drug-likeness (QED) is 0.792. The van der Waals surface area contributed by atoms with Crippen LogP contribution in [0.2, 0.25) is 0 Å². The Hall–Kier alpha value is -1.55. The molecule has 0 radical (unpaired) electrons. The van der Waals surface area contributed by atoms with Crippen LogP contribution >= 0.6 is 0 Å². The maximum atomic E-state index is 5.52. The minimum absolute atomic E-state index is 0.452. The van der Waals surface area contributed by atoms with Gasteiger partial charge in [0.15, 0.2) is 11.4 Å². The average molecular weight is 191 g/mol. The van der Waals surface area contributed by atoms with E-state index in [1.807, 2.05) is 35.9 Å². The van der Waals surface area contributed by atoms with E-state index in [9.17, 15) is 0 Å². The SMILES string of the molecule is CCOc1cccn2cc(CN)nc12. The number of nitrogens with two attached hydrogens (primary N) is 1. The van der Waals surface area contributed by atoms with Gasteiger partial charge in [-0.2, -0.15) is 0 Å². The van der Waals surface area contributed by atoms with Gasteiger partial charge >= 0.3 is 0 Å². The lowest BCUT2D eigenvalue weighted by Crippen LogP contribution is -1.96. The zero-order chi connectivity index (χ0) is 9.97. The molecule has 0 aliphatic heterocycles. The molecule has 74 valence electrons. The van der Waals surface area contributed by atoms with Gasteiger partial charge in [0.1, 0.15) is 0 Å². The molecule has 0 aliphatic carbocycles. The van der Waals surface area contributed by atoms with Crippen molar-refractivity contribution >= 4 is 5.65 Å². The van der Waals surface area contributed by atoms with E-state index in [4.69, 9.17) is 10.5 Å². The van der Waals surface area contributed by atoms with Crippen LogP contribution in [0.3, 0.4) is 0 Å². The van der Waals surface area contributed by atoms with Crippen LogP contribution in [0, 0.1) is 0 Å². The third-order valence-corrected chi connectivity index (χ3v) is 2.01. The Morgan fingerprint density at radius 2 is 2.43 bits per heavy atom. The zero-order valence-corrected chi connectivity index (χ0v) is 8.10. The van der Waals surface area contributed by atoms with Crippen molar-refractivity contribution in [2.24, 2.45) is 5.73 Å². The topological polar surface area (TPSA) is 52.5 Å². The van der Waals surface area contributed by atoms with E-state index < -0.39 is 0 Å². The molecule has 2 rings (SSSR count). The van der Waals surface area contributed by atoms with E-state index in [-0.39, 0.29) is 0 Å². The van der Waals surface area contributed by atoms with Gasteiger partial charge in [0.25, 0.3) is 0 Å². The second-order valence-electron chi connectivity index (χ2n) is 2.97. The summed E-state index contributed by atoms with van der Waals surface area (Å²) in [5, 5.41) is 0. The van der Waals surface area contributed by atoms with Crippen LogP contribution in [0.4, 0.5) is 0 Å². The fraction of sp³-hybridized carbons (Fsp3) is 0.300. The molecule has 0 bridgehead atoms. The standard InChI is InChI=1S/C10H13N3O/c1-2-14-9-4-3-5-13-7-8(6-11)12-10(9)13/h3-5,7H,2,6,11H2,1H3. The molecule has 0 spiro atoms. The van der Waals surface area contributed by atoms with Gasteiger partial charge in [-0.15, -0.1) is 0 Å². The average Bonchev–Trinajstić information content (AvgIpc) is 2.62. The van der Waals surface area contributed by atoms with Crippen molar-refractivity contribution in [1.29, 1.82) is 0 Å². The highest BCUT2D eigenvalue weighted by atomic mass is 16.5. The molecule has 0 fully saturated rings. The summed E-state index contributed by atoms with van der Waals surface area (Å²) in [5.41, 5.74) is 7.22. The number of rotatable bonds is 3. The molecular formula is C10H13N3O. The van der Waals surface area contributed by atoms with Crippen LogP contribution in [0.1, 0.15) is 12.6 Å². The third-order valence-electron chi connectivity index (χ3n) is 2.01. The second-order valence-corrected chi connectivity index (χ2v) is 2.97. The van der Waals surface area contributed by atoms with E-state index >= 15 is 0 Å². The summed E-state index contributed by atoms with van der Waals surface area (Å²) in [6.07, 6.45) is 3.85. The molecule has 0 aliphatic rings. The van der Waals surface area contributed by atoms with Crippen molar-refractivity contribution in [3.05, 3.63) is 30.2 Å². The van der Waals surface area contributed by atoms with Gasteiger partial charge in [-0.05, 0) is 19.1 Å². The van der Waals surface area contributed by atoms with Gasteiger partial charge in [-0.3, -0.25) is 0 Å². The van der Waals surface area contributed by atoms with Gasteiger partial charge in [0, 0.05) is 18.9 Å². The van der Waals surface area contributed by atoms with E-state index in [2.05, 4.69) is 4.98 Å². The largest absolute Gasteiger partial charge is 0.490 e. The number of nitrogens with zero attached hydrogens (tertiary/aromatic N) is 2. The van der Waals surface area contributed by atoms with E-state index in [1.165, 1.54) is 0 Å². The van der Waals surface area contributed by atoms with Gasteiger partial charge in [-0.25, -0.2) is 4.98 Å². The first kappa shape index (κ1) is 9.02. The number of ether oxygens (including phenoxy) is 1. The Bertz CT molecular complexity index is 436. The normalized spacial score (nSPS) is 10.7. The van der Waals surface area contributed by atoms with E-state index in [0.29, 0.717) is 13.2 Å². The predicted octanol–water partition coefficient (Wildman–Crippen LogP) is 1.19. The molecule has 2 aromatic heterocycles. The van der Waals surface area contributed by atoms with Crippen LogP contribution < -0.4 is 10.5 Å². The van der Waals surface area contributed by atoms with Crippen LogP contribution in [0.25, 0.3) is 5.65 Å². The number of hydrogen-bond donors (Lipinski definition) is 1. The molecule has 2 heterocycles. The molecule has 4 heteroatoms. The predicted molar refractivity (Wildman–Crippen MR) is 54.3 cm³/mol. The third kappa shape index (κ3) is 1.44. The number of pyridine rings is 1. The lowest BCUT2D eigenvalue weighted by molar-refractivity contribution is 0.342. The minimum Gasteiger partial charge on any atom is -0.490 e. The van der Waals surface area contributed by atoms with Gasteiger partial charge in [0.05, 0.1) is 12.3 Å². The lowest BCUT2D eigenvalue weighted by Gasteiger charge is -2.03. The highest BCUT2D eigenvalue weighted by Gasteiger charge is 2.05. The molecule has 0 unspecified atom stereocenters. The molecule has 0 amide bonds. The highest BCUT2D eigenvalue weighted by molar-refractivity contribution is 5.54. The summed E-state index contributed by atoms with van der Waals surface area (Å²) in [7, 11) is 0. The summed E-state index contributed by atoms with van der Waals surface area (Å²) in [6.45, 7) is 3.05. The van der Waals surface area contributed by atoms with Crippen LogP contribution in [0.15, 0.2) is 24.5 Å². The van der Waals surface area contributed by atoms with Gasteiger partial charge < -0.3 is 14.9 Å². The van der Waals surface area contributed by atoms with Crippen molar-refractivity contribution in [1.82, 2.24) is 9.38 Å². The molecule has 0 saturated heterocycles. The monoisotopic (exact) mass is 191 g/mol. The summed E-state index contributed by atoms with van der Waals surface area (Å²) in [4.78, 5) is 4.36. The highest BCUT2D eigenvalue weighted by Crippen LogP contribution is 2.18. The first-order chi connectivity index (χ1) is 6.85. The van der Waals surface area contributed by atoms with Gasteiger partial charge in [0.2, 0.25) is 0 Å². The first-order valence-corrected chi connectivity index (χ1v) is 4.64. The maximum absolute atomic E-state index is 5.52.